The lowest BCUT2D eigenvalue weighted by atomic mass is 10.2. The quantitative estimate of drug-likeness (QED) is 0.923. The highest BCUT2D eigenvalue weighted by Gasteiger charge is 2.08. The highest BCUT2D eigenvalue weighted by molar-refractivity contribution is 6.31. The molecule has 2 rings (SSSR count). The van der Waals surface area contributed by atoms with E-state index in [0.717, 1.165) is 13.1 Å². The van der Waals surface area contributed by atoms with E-state index in [1.54, 1.807) is 0 Å². The van der Waals surface area contributed by atoms with Crippen molar-refractivity contribution in [1.29, 1.82) is 0 Å². The lowest BCUT2D eigenvalue weighted by Crippen LogP contribution is -2.30. The summed E-state index contributed by atoms with van der Waals surface area (Å²) in [7, 11) is 0. The Balaban J connectivity index is 1.77. The Morgan fingerprint density at radius 3 is 2.17 bits per heavy atom. The molecule has 1 aromatic rings. The summed E-state index contributed by atoms with van der Waals surface area (Å²) in [4.78, 5) is 14.1. The first-order valence-electron chi connectivity index (χ1n) is 6.27. The summed E-state index contributed by atoms with van der Waals surface area (Å²) < 4.78 is 0. The largest absolute Gasteiger partial charge is 0.353 e. The first-order chi connectivity index (χ1) is 8.74. The van der Waals surface area contributed by atoms with Crippen LogP contribution < -0.4 is 5.32 Å². The van der Waals surface area contributed by atoms with Crippen molar-refractivity contribution in [3.63, 3.8) is 0 Å². The molecule has 1 aromatic heterocycles. The minimum Gasteiger partial charge on any atom is -0.353 e. The summed E-state index contributed by atoms with van der Waals surface area (Å²) in [5.41, 5.74) is 0. The second-order valence-electron chi connectivity index (χ2n) is 4.38. The molecule has 0 saturated carbocycles. The predicted octanol–water partition coefficient (Wildman–Crippen LogP) is 2.47. The van der Waals surface area contributed by atoms with E-state index < -0.39 is 0 Å². The predicted molar refractivity (Wildman–Crippen MR) is 73.2 cm³/mol. The number of nitrogens with one attached hydrogen (secondary N) is 1. The van der Waals surface area contributed by atoms with Crippen molar-refractivity contribution in [2.75, 3.05) is 31.5 Å². The minimum atomic E-state index is 0.118. The van der Waals surface area contributed by atoms with Crippen LogP contribution in [0.1, 0.15) is 25.7 Å². The molecular weight excluding hydrogens is 273 g/mol. The number of halogens is 2. The van der Waals surface area contributed by atoms with Gasteiger partial charge in [0.25, 0.3) is 0 Å². The number of rotatable bonds is 4. The fourth-order valence-corrected chi connectivity index (χ4v) is 2.45. The van der Waals surface area contributed by atoms with Crippen LogP contribution in [0, 0.1) is 0 Å². The molecule has 0 radical (unpaired) electrons. The Hall–Kier alpha value is -0.650. The van der Waals surface area contributed by atoms with Crippen molar-refractivity contribution < 1.29 is 0 Å². The third-order valence-electron chi connectivity index (χ3n) is 2.99. The Morgan fingerprint density at radius 2 is 1.56 bits per heavy atom. The monoisotopic (exact) mass is 289 g/mol. The van der Waals surface area contributed by atoms with Gasteiger partial charge in [0.15, 0.2) is 0 Å². The Labute approximate surface area is 117 Å². The minimum absolute atomic E-state index is 0.118. The van der Waals surface area contributed by atoms with E-state index in [9.17, 15) is 0 Å². The SMILES string of the molecule is Clc1nc(Cl)nc(NCCN2CCCCCC2)n1. The van der Waals surface area contributed by atoms with Crippen LogP contribution in [-0.4, -0.2) is 46.0 Å². The van der Waals surface area contributed by atoms with Crippen LogP contribution in [0.15, 0.2) is 0 Å². The van der Waals surface area contributed by atoms with Crippen LogP contribution in [-0.2, 0) is 0 Å². The smallest absolute Gasteiger partial charge is 0.228 e. The molecule has 100 valence electrons. The van der Waals surface area contributed by atoms with Crippen molar-refractivity contribution in [3.05, 3.63) is 10.6 Å². The molecular formula is C11H17Cl2N5. The first kappa shape index (κ1) is 13.8. The van der Waals surface area contributed by atoms with Crippen molar-refractivity contribution in [2.24, 2.45) is 0 Å². The van der Waals surface area contributed by atoms with Crippen LogP contribution >= 0.6 is 23.2 Å². The van der Waals surface area contributed by atoms with Crippen molar-refractivity contribution in [1.82, 2.24) is 19.9 Å². The normalized spacial score (nSPS) is 17.4. The van der Waals surface area contributed by atoms with Gasteiger partial charge in [0.2, 0.25) is 16.5 Å². The molecule has 0 bridgehead atoms. The highest BCUT2D eigenvalue weighted by Crippen LogP contribution is 2.11. The fraction of sp³-hybridized carbons (Fsp3) is 0.727. The van der Waals surface area contributed by atoms with Gasteiger partial charge in [-0.3, -0.25) is 0 Å². The van der Waals surface area contributed by atoms with Crippen molar-refractivity contribution >= 4 is 29.2 Å². The molecule has 0 amide bonds. The zero-order valence-corrected chi connectivity index (χ0v) is 11.7. The molecule has 7 heteroatoms. The average molecular weight is 290 g/mol. The van der Waals surface area contributed by atoms with Crippen LogP contribution in [0.2, 0.25) is 10.6 Å². The number of hydrogen-bond donors (Lipinski definition) is 1. The van der Waals surface area contributed by atoms with Crippen molar-refractivity contribution in [2.45, 2.75) is 25.7 Å². The van der Waals surface area contributed by atoms with Gasteiger partial charge >= 0.3 is 0 Å². The third kappa shape index (κ3) is 4.55. The lowest BCUT2D eigenvalue weighted by molar-refractivity contribution is 0.296. The van der Waals surface area contributed by atoms with Gasteiger partial charge in [-0.15, -0.1) is 0 Å². The van der Waals surface area contributed by atoms with E-state index in [0.29, 0.717) is 5.95 Å². The molecule has 0 unspecified atom stereocenters. The summed E-state index contributed by atoms with van der Waals surface area (Å²) in [5.74, 6) is 0.440. The van der Waals surface area contributed by atoms with Gasteiger partial charge in [0, 0.05) is 13.1 Å². The number of anilines is 1. The highest BCUT2D eigenvalue weighted by atomic mass is 35.5. The maximum Gasteiger partial charge on any atom is 0.228 e. The number of hydrogen-bond acceptors (Lipinski definition) is 5. The molecule has 1 aliphatic heterocycles. The van der Waals surface area contributed by atoms with Crippen LogP contribution in [0.25, 0.3) is 0 Å². The lowest BCUT2D eigenvalue weighted by Gasteiger charge is -2.19. The van der Waals surface area contributed by atoms with Gasteiger partial charge in [-0.2, -0.15) is 15.0 Å². The molecule has 1 N–H and O–H groups in total. The molecule has 0 spiro atoms. The molecule has 0 aliphatic carbocycles. The van der Waals surface area contributed by atoms with Crippen LogP contribution in [0.5, 0.6) is 0 Å². The Bertz CT molecular complexity index is 359. The van der Waals surface area contributed by atoms with Gasteiger partial charge in [0.1, 0.15) is 0 Å². The summed E-state index contributed by atoms with van der Waals surface area (Å²) in [6, 6.07) is 0. The van der Waals surface area contributed by atoms with Crippen molar-refractivity contribution in [3.8, 4) is 0 Å². The molecule has 0 aromatic carbocycles. The zero-order chi connectivity index (χ0) is 12.8. The summed E-state index contributed by atoms with van der Waals surface area (Å²) in [5, 5.41) is 3.36. The second kappa shape index (κ2) is 7.07. The van der Waals surface area contributed by atoms with E-state index in [-0.39, 0.29) is 10.6 Å². The van der Waals surface area contributed by atoms with Gasteiger partial charge in [-0.05, 0) is 49.1 Å². The fourth-order valence-electron chi connectivity index (χ4n) is 2.09. The molecule has 2 heterocycles. The average Bonchev–Trinajstić information content (AvgIpc) is 2.56. The standard InChI is InChI=1S/C11H17Cl2N5/c12-9-15-10(13)17-11(16-9)14-5-8-18-6-3-1-2-4-7-18/h1-8H2,(H,14,15,16,17). The zero-order valence-electron chi connectivity index (χ0n) is 10.2. The van der Waals surface area contributed by atoms with Gasteiger partial charge < -0.3 is 10.2 Å². The number of aromatic nitrogens is 3. The summed E-state index contributed by atoms with van der Waals surface area (Å²) in [6.45, 7) is 4.14. The first-order valence-corrected chi connectivity index (χ1v) is 7.03. The number of likely N-dealkylation sites (tertiary alicyclic amines) is 1. The van der Waals surface area contributed by atoms with E-state index in [4.69, 9.17) is 23.2 Å². The molecule has 1 aliphatic rings. The Morgan fingerprint density at radius 1 is 0.944 bits per heavy atom. The van der Waals surface area contributed by atoms with Gasteiger partial charge in [-0.1, -0.05) is 12.8 Å². The third-order valence-corrected chi connectivity index (χ3v) is 3.33. The van der Waals surface area contributed by atoms with Crippen LogP contribution in [0.4, 0.5) is 5.95 Å². The molecule has 5 nitrogen and oxygen atoms in total. The Kier molecular flexibility index (Phi) is 5.41. The van der Waals surface area contributed by atoms with E-state index >= 15 is 0 Å². The summed E-state index contributed by atoms with van der Waals surface area (Å²) in [6.07, 6.45) is 5.29. The topological polar surface area (TPSA) is 53.9 Å². The molecule has 0 atom stereocenters. The van der Waals surface area contributed by atoms with Gasteiger partial charge in [-0.25, -0.2) is 0 Å². The second-order valence-corrected chi connectivity index (χ2v) is 5.06. The molecule has 1 fully saturated rings. The van der Waals surface area contributed by atoms with E-state index in [1.165, 1.54) is 38.8 Å². The van der Waals surface area contributed by atoms with Gasteiger partial charge in [0.05, 0.1) is 0 Å². The van der Waals surface area contributed by atoms with E-state index in [2.05, 4.69) is 25.2 Å². The molecule has 1 saturated heterocycles. The van der Waals surface area contributed by atoms with E-state index in [1.807, 2.05) is 0 Å². The number of nitrogens with zero attached hydrogens (tertiary/aromatic N) is 4. The maximum absolute atomic E-state index is 5.70. The summed E-state index contributed by atoms with van der Waals surface area (Å²) >= 11 is 11.4. The van der Waals surface area contributed by atoms with Crippen LogP contribution in [0.3, 0.4) is 0 Å². The molecule has 18 heavy (non-hydrogen) atoms. The maximum atomic E-state index is 5.70.